The Morgan fingerprint density at radius 1 is 0.958 bits per heavy atom. The molecule has 24 heavy (non-hydrogen) atoms. The highest BCUT2D eigenvalue weighted by atomic mass is 16.3. The molecule has 0 fully saturated rings. The van der Waals surface area contributed by atoms with Gasteiger partial charge in [0, 0.05) is 22.0 Å². The van der Waals surface area contributed by atoms with E-state index in [0.29, 0.717) is 6.54 Å². The molecule has 2 aromatic carbocycles. The van der Waals surface area contributed by atoms with Gasteiger partial charge in [0.15, 0.2) is 0 Å². The van der Waals surface area contributed by atoms with Gasteiger partial charge < -0.3 is 15.1 Å². The fraction of sp³-hybridized carbons (Fsp3) is 0.238. The highest BCUT2D eigenvalue weighted by molar-refractivity contribution is 5.84. The second-order valence-electron chi connectivity index (χ2n) is 5.27. The van der Waals surface area contributed by atoms with Crippen LogP contribution >= 0.6 is 0 Å². The van der Waals surface area contributed by atoms with Gasteiger partial charge in [-0.05, 0) is 43.7 Å². The van der Waals surface area contributed by atoms with Gasteiger partial charge in [0.05, 0.1) is 6.26 Å². The van der Waals surface area contributed by atoms with Gasteiger partial charge in [0.1, 0.15) is 5.58 Å². The van der Waals surface area contributed by atoms with Gasteiger partial charge in [-0.2, -0.15) is 0 Å². The molecule has 0 saturated heterocycles. The van der Waals surface area contributed by atoms with Crippen LogP contribution in [-0.2, 0) is 6.42 Å². The molecule has 0 atom stereocenters. The van der Waals surface area contributed by atoms with Crippen molar-refractivity contribution in [2.45, 2.75) is 27.2 Å². The average Bonchev–Trinajstić information content (AvgIpc) is 3.22. The van der Waals surface area contributed by atoms with Gasteiger partial charge >= 0.3 is 0 Å². The summed E-state index contributed by atoms with van der Waals surface area (Å²) in [4.78, 5) is 3.36. The molecular weight excluding hydrogens is 296 g/mol. The molecule has 3 nitrogen and oxygen atoms in total. The SMILES string of the molecule is CC.Cc1[nH]c2ccccc2c1CCN.c1ccc2occc2c1. The van der Waals surface area contributed by atoms with Crippen LogP contribution in [0.5, 0.6) is 0 Å². The molecule has 3 N–H and O–H groups in total. The van der Waals surface area contributed by atoms with E-state index in [1.165, 1.54) is 22.2 Å². The van der Waals surface area contributed by atoms with Crippen LogP contribution in [0.25, 0.3) is 21.9 Å². The molecule has 2 aromatic heterocycles. The van der Waals surface area contributed by atoms with Crippen LogP contribution in [0, 0.1) is 6.92 Å². The quantitative estimate of drug-likeness (QED) is 0.516. The maximum Gasteiger partial charge on any atom is 0.133 e. The Morgan fingerprint density at radius 2 is 1.67 bits per heavy atom. The van der Waals surface area contributed by atoms with Crippen molar-refractivity contribution in [3.8, 4) is 0 Å². The molecule has 0 unspecified atom stereocenters. The molecule has 126 valence electrons. The third-order valence-electron chi connectivity index (χ3n) is 3.78. The number of furan rings is 1. The van der Waals surface area contributed by atoms with Crippen LogP contribution in [0.4, 0.5) is 0 Å². The van der Waals surface area contributed by atoms with Gasteiger partial charge in [0.25, 0.3) is 0 Å². The van der Waals surface area contributed by atoms with E-state index < -0.39 is 0 Å². The van der Waals surface area contributed by atoms with Crippen molar-refractivity contribution in [3.63, 3.8) is 0 Å². The summed E-state index contributed by atoms with van der Waals surface area (Å²) in [6, 6.07) is 18.2. The summed E-state index contributed by atoms with van der Waals surface area (Å²) in [6.45, 7) is 6.81. The third kappa shape index (κ3) is 4.06. The second kappa shape index (κ2) is 8.94. The summed E-state index contributed by atoms with van der Waals surface area (Å²) in [5.41, 5.74) is 10.3. The number of aromatic nitrogens is 1. The van der Waals surface area contributed by atoms with Crippen LogP contribution in [0.1, 0.15) is 25.1 Å². The summed E-state index contributed by atoms with van der Waals surface area (Å²) in [6.07, 6.45) is 2.65. The number of aryl methyl sites for hydroxylation is 1. The first-order valence-corrected chi connectivity index (χ1v) is 8.48. The molecule has 0 radical (unpaired) electrons. The Bertz CT molecular complexity index is 843. The number of benzene rings is 2. The van der Waals surface area contributed by atoms with E-state index in [0.717, 1.165) is 17.4 Å². The normalized spacial score (nSPS) is 10.0. The molecule has 0 aliphatic heterocycles. The largest absolute Gasteiger partial charge is 0.464 e. The summed E-state index contributed by atoms with van der Waals surface area (Å²) in [5, 5.41) is 2.47. The number of H-pyrrole nitrogens is 1. The molecule has 0 spiro atoms. The van der Waals surface area contributed by atoms with E-state index in [1.54, 1.807) is 6.26 Å². The molecule has 0 saturated carbocycles. The Labute approximate surface area is 143 Å². The van der Waals surface area contributed by atoms with Crippen molar-refractivity contribution < 1.29 is 4.42 Å². The van der Waals surface area contributed by atoms with Crippen LogP contribution < -0.4 is 5.73 Å². The lowest BCUT2D eigenvalue weighted by Gasteiger charge is -1.96. The van der Waals surface area contributed by atoms with E-state index in [9.17, 15) is 0 Å². The maximum atomic E-state index is 5.57. The fourth-order valence-electron chi connectivity index (χ4n) is 2.71. The first-order chi connectivity index (χ1) is 11.8. The predicted molar refractivity (Wildman–Crippen MR) is 103 cm³/mol. The van der Waals surface area contributed by atoms with E-state index in [4.69, 9.17) is 10.2 Å². The molecule has 3 heteroatoms. The zero-order chi connectivity index (χ0) is 17.4. The molecule has 4 aromatic rings. The minimum atomic E-state index is 0.711. The lowest BCUT2D eigenvalue weighted by atomic mass is 10.1. The van der Waals surface area contributed by atoms with Gasteiger partial charge in [-0.1, -0.05) is 50.2 Å². The Hall–Kier alpha value is -2.52. The molecule has 0 bridgehead atoms. The van der Waals surface area contributed by atoms with Gasteiger partial charge in [-0.3, -0.25) is 0 Å². The standard InChI is InChI=1S/C11H14N2.C8H6O.C2H6/c1-8-9(6-7-12)10-4-2-3-5-11(10)13-8;1-2-4-8-7(3-1)5-6-9-8;1-2/h2-5,13H,6-7,12H2,1H3;1-6H;1-2H3. The van der Waals surface area contributed by atoms with Crippen molar-refractivity contribution in [2.24, 2.45) is 5.73 Å². The Balaban J connectivity index is 0.000000165. The molecular formula is C21H26N2O. The zero-order valence-corrected chi connectivity index (χ0v) is 14.7. The van der Waals surface area contributed by atoms with Crippen molar-refractivity contribution in [1.29, 1.82) is 0 Å². The molecule has 0 aliphatic carbocycles. The number of rotatable bonds is 2. The van der Waals surface area contributed by atoms with Gasteiger partial charge in [0.2, 0.25) is 0 Å². The maximum absolute atomic E-state index is 5.57. The summed E-state index contributed by atoms with van der Waals surface area (Å²) in [7, 11) is 0. The van der Waals surface area contributed by atoms with Crippen molar-refractivity contribution >= 4 is 21.9 Å². The zero-order valence-electron chi connectivity index (χ0n) is 14.7. The van der Waals surface area contributed by atoms with Crippen LogP contribution in [0.15, 0.2) is 65.3 Å². The van der Waals surface area contributed by atoms with E-state index >= 15 is 0 Å². The second-order valence-corrected chi connectivity index (χ2v) is 5.27. The number of hydrogen-bond acceptors (Lipinski definition) is 2. The number of fused-ring (bicyclic) bond motifs is 2. The monoisotopic (exact) mass is 322 g/mol. The van der Waals surface area contributed by atoms with E-state index in [1.807, 2.05) is 50.2 Å². The minimum absolute atomic E-state index is 0.711. The van der Waals surface area contributed by atoms with Crippen molar-refractivity contribution in [3.05, 3.63) is 72.1 Å². The Kier molecular flexibility index (Phi) is 6.64. The lowest BCUT2D eigenvalue weighted by Crippen LogP contribution is -2.03. The molecule has 0 aliphatic rings. The van der Waals surface area contributed by atoms with Crippen molar-refractivity contribution in [2.75, 3.05) is 6.54 Å². The van der Waals surface area contributed by atoms with E-state index in [2.05, 4.69) is 30.1 Å². The average molecular weight is 322 g/mol. The van der Waals surface area contributed by atoms with Gasteiger partial charge in [-0.15, -0.1) is 0 Å². The topological polar surface area (TPSA) is 55.0 Å². The highest BCUT2D eigenvalue weighted by Gasteiger charge is 2.05. The third-order valence-corrected chi connectivity index (χ3v) is 3.78. The minimum Gasteiger partial charge on any atom is -0.464 e. The predicted octanol–water partition coefficient (Wildman–Crippen LogP) is 5.44. The summed E-state index contributed by atoms with van der Waals surface area (Å²) in [5.74, 6) is 0. The highest BCUT2D eigenvalue weighted by Crippen LogP contribution is 2.21. The first-order valence-electron chi connectivity index (χ1n) is 8.48. The number of nitrogens with one attached hydrogen (secondary N) is 1. The van der Waals surface area contributed by atoms with Crippen molar-refractivity contribution in [1.82, 2.24) is 4.98 Å². The fourth-order valence-corrected chi connectivity index (χ4v) is 2.71. The summed E-state index contributed by atoms with van der Waals surface area (Å²) >= 11 is 0. The molecule has 0 amide bonds. The smallest absolute Gasteiger partial charge is 0.133 e. The lowest BCUT2D eigenvalue weighted by molar-refractivity contribution is 0.616. The number of hydrogen-bond donors (Lipinski definition) is 2. The van der Waals surface area contributed by atoms with Gasteiger partial charge in [-0.25, -0.2) is 0 Å². The molecule has 2 heterocycles. The van der Waals surface area contributed by atoms with Crippen LogP contribution in [0.2, 0.25) is 0 Å². The Morgan fingerprint density at radius 3 is 2.42 bits per heavy atom. The molecule has 4 rings (SSSR count). The van der Waals surface area contributed by atoms with Crippen LogP contribution in [0.3, 0.4) is 0 Å². The summed E-state index contributed by atoms with van der Waals surface area (Å²) < 4.78 is 5.12. The van der Waals surface area contributed by atoms with E-state index in [-0.39, 0.29) is 0 Å². The number of nitrogens with two attached hydrogens (primary N) is 1. The number of para-hydroxylation sites is 2. The number of aromatic amines is 1. The first kappa shape index (κ1) is 17.8. The van der Waals surface area contributed by atoms with Crippen LogP contribution in [-0.4, -0.2) is 11.5 Å².